The normalized spacial score (nSPS) is 19.6. The molecule has 162 valence electrons. The number of piperazine rings is 1. The van der Waals surface area contributed by atoms with Crippen LogP contribution in [0.3, 0.4) is 0 Å². The number of nitrogens with one attached hydrogen (secondary N) is 1. The van der Waals surface area contributed by atoms with Crippen molar-refractivity contribution in [2.24, 2.45) is 0 Å². The van der Waals surface area contributed by atoms with Crippen LogP contribution in [0.2, 0.25) is 0 Å². The van der Waals surface area contributed by atoms with E-state index in [1.807, 2.05) is 29.3 Å². The Morgan fingerprint density at radius 1 is 1.23 bits per heavy atom. The number of aromatic nitrogens is 4. The predicted octanol–water partition coefficient (Wildman–Crippen LogP) is 0.437. The van der Waals surface area contributed by atoms with Crippen molar-refractivity contribution in [2.45, 2.75) is 6.04 Å². The highest BCUT2D eigenvalue weighted by Crippen LogP contribution is 2.31. The number of anilines is 1. The van der Waals surface area contributed by atoms with Crippen molar-refractivity contribution in [3.8, 4) is 17.0 Å². The molecule has 2 aliphatic heterocycles. The predicted molar refractivity (Wildman–Crippen MR) is 114 cm³/mol. The Bertz CT molecular complexity index is 1070. The van der Waals surface area contributed by atoms with E-state index in [0.29, 0.717) is 32.2 Å². The molecule has 0 unspecified atom stereocenters. The first-order valence-electron chi connectivity index (χ1n) is 10.4. The highest BCUT2D eigenvalue weighted by Gasteiger charge is 2.29. The quantitative estimate of drug-likeness (QED) is 0.646. The third-order valence-electron chi connectivity index (χ3n) is 5.74. The van der Waals surface area contributed by atoms with Gasteiger partial charge in [0.05, 0.1) is 32.1 Å². The number of ether oxygens (including phenoxy) is 2. The van der Waals surface area contributed by atoms with Crippen LogP contribution in [0, 0.1) is 0 Å². The lowest BCUT2D eigenvalue weighted by atomic mass is 10.1. The van der Waals surface area contributed by atoms with E-state index in [1.165, 1.54) is 0 Å². The minimum Gasteiger partial charge on any atom is -0.481 e. The van der Waals surface area contributed by atoms with Crippen molar-refractivity contribution in [3.63, 3.8) is 0 Å². The molecule has 3 aromatic rings. The van der Waals surface area contributed by atoms with E-state index in [2.05, 4.69) is 20.3 Å². The van der Waals surface area contributed by atoms with E-state index in [0.717, 1.165) is 42.2 Å². The van der Waals surface area contributed by atoms with Crippen molar-refractivity contribution in [3.05, 3.63) is 36.8 Å². The van der Waals surface area contributed by atoms with E-state index in [4.69, 9.17) is 14.5 Å². The molecule has 3 aromatic heterocycles. The van der Waals surface area contributed by atoms with Crippen LogP contribution in [0.1, 0.15) is 0 Å². The molecule has 10 heteroatoms. The highest BCUT2D eigenvalue weighted by molar-refractivity contribution is 5.83. The molecule has 0 aromatic carbocycles. The van der Waals surface area contributed by atoms with E-state index in [9.17, 15) is 4.79 Å². The molecule has 0 bridgehead atoms. The van der Waals surface area contributed by atoms with Gasteiger partial charge in [-0.05, 0) is 18.2 Å². The summed E-state index contributed by atoms with van der Waals surface area (Å²) < 4.78 is 12.6. The molecule has 2 saturated heterocycles. The summed E-state index contributed by atoms with van der Waals surface area (Å²) in [6.07, 6.45) is 5.38. The maximum absolute atomic E-state index is 12.7. The van der Waals surface area contributed by atoms with Gasteiger partial charge in [0.2, 0.25) is 11.8 Å². The molecule has 0 spiro atoms. The molecule has 2 aliphatic rings. The average molecular weight is 423 g/mol. The summed E-state index contributed by atoms with van der Waals surface area (Å²) in [6, 6.07) is 5.54. The molecule has 0 saturated carbocycles. The van der Waals surface area contributed by atoms with Crippen molar-refractivity contribution in [1.82, 2.24) is 29.8 Å². The number of hydrogen-bond acceptors (Lipinski definition) is 8. The van der Waals surface area contributed by atoms with E-state index >= 15 is 0 Å². The summed E-state index contributed by atoms with van der Waals surface area (Å²) in [5.41, 5.74) is 2.46. The molecule has 1 amide bonds. The van der Waals surface area contributed by atoms with Gasteiger partial charge < -0.3 is 24.6 Å². The second-order valence-corrected chi connectivity index (χ2v) is 7.57. The van der Waals surface area contributed by atoms with Crippen LogP contribution >= 0.6 is 0 Å². The zero-order chi connectivity index (χ0) is 21.2. The Morgan fingerprint density at radius 2 is 2.10 bits per heavy atom. The maximum Gasteiger partial charge on any atom is 0.242 e. The Labute approximate surface area is 179 Å². The Balaban J connectivity index is 1.34. The highest BCUT2D eigenvalue weighted by atomic mass is 16.5. The SMILES string of the molecule is COc1ncccc1-c1cnn2ccc(N3CCN(C(=O)[C@@H]4COCCN4)CC3)nc12. The fourth-order valence-corrected chi connectivity index (χ4v) is 4.08. The molecule has 2 fully saturated rings. The lowest BCUT2D eigenvalue weighted by Gasteiger charge is -2.37. The van der Waals surface area contributed by atoms with E-state index in [1.54, 1.807) is 24.0 Å². The van der Waals surface area contributed by atoms with Crippen LogP contribution in [0.5, 0.6) is 5.88 Å². The van der Waals surface area contributed by atoms with Crippen LogP contribution < -0.4 is 15.0 Å². The largest absolute Gasteiger partial charge is 0.481 e. The second-order valence-electron chi connectivity index (χ2n) is 7.57. The average Bonchev–Trinajstić information content (AvgIpc) is 3.27. The van der Waals surface area contributed by atoms with Gasteiger partial charge in [0, 0.05) is 50.7 Å². The molecule has 31 heavy (non-hydrogen) atoms. The first-order valence-corrected chi connectivity index (χ1v) is 10.4. The van der Waals surface area contributed by atoms with Crippen LogP contribution in [-0.4, -0.2) is 89.5 Å². The van der Waals surface area contributed by atoms with Crippen molar-refractivity contribution < 1.29 is 14.3 Å². The molecule has 0 radical (unpaired) electrons. The summed E-state index contributed by atoms with van der Waals surface area (Å²) in [5, 5.41) is 7.66. The minimum absolute atomic E-state index is 0.115. The number of fused-ring (bicyclic) bond motifs is 1. The summed E-state index contributed by atoms with van der Waals surface area (Å²) >= 11 is 0. The fourth-order valence-electron chi connectivity index (χ4n) is 4.08. The summed E-state index contributed by atoms with van der Waals surface area (Å²) in [7, 11) is 1.60. The Hall–Kier alpha value is -3.24. The molecule has 10 nitrogen and oxygen atoms in total. The number of pyridine rings is 1. The van der Waals surface area contributed by atoms with Crippen molar-refractivity contribution in [2.75, 3.05) is 57.9 Å². The molecular formula is C21H25N7O3. The number of nitrogens with zero attached hydrogens (tertiary/aromatic N) is 6. The van der Waals surface area contributed by atoms with Gasteiger partial charge in [-0.1, -0.05) is 0 Å². The minimum atomic E-state index is -0.237. The molecule has 5 heterocycles. The lowest BCUT2D eigenvalue weighted by Crippen LogP contribution is -2.57. The third-order valence-corrected chi connectivity index (χ3v) is 5.74. The lowest BCUT2D eigenvalue weighted by molar-refractivity contribution is -0.136. The molecule has 1 N–H and O–H groups in total. The van der Waals surface area contributed by atoms with Crippen LogP contribution in [0.15, 0.2) is 36.8 Å². The summed E-state index contributed by atoms with van der Waals surface area (Å²) in [5.74, 6) is 1.52. The number of morpholine rings is 1. The second kappa shape index (κ2) is 8.48. The topological polar surface area (TPSA) is 97.1 Å². The van der Waals surface area contributed by atoms with Gasteiger partial charge in [-0.3, -0.25) is 4.79 Å². The van der Waals surface area contributed by atoms with Gasteiger partial charge in [0.1, 0.15) is 11.9 Å². The van der Waals surface area contributed by atoms with Gasteiger partial charge in [-0.25, -0.2) is 14.5 Å². The van der Waals surface area contributed by atoms with Gasteiger partial charge in [-0.15, -0.1) is 0 Å². The molecule has 1 atom stereocenters. The van der Waals surface area contributed by atoms with Crippen LogP contribution in [0.4, 0.5) is 5.82 Å². The Morgan fingerprint density at radius 3 is 2.87 bits per heavy atom. The zero-order valence-corrected chi connectivity index (χ0v) is 17.4. The number of rotatable bonds is 4. The maximum atomic E-state index is 12.7. The van der Waals surface area contributed by atoms with E-state index in [-0.39, 0.29) is 11.9 Å². The molecular weight excluding hydrogens is 398 g/mol. The van der Waals surface area contributed by atoms with Crippen molar-refractivity contribution >= 4 is 17.4 Å². The van der Waals surface area contributed by atoms with Gasteiger partial charge >= 0.3 is 0 Å². The number of amides is 1. The smallest absolute Gasteiger partial charge is 0.242 e. The number of hydrogen-bond donors (Lipinski definition) is 1. The summed E-state index contributed by atoms with van der Waals surface area (Å²) in [6.45, 7) is 4.59. The third kappa shape index (κ3) is 3.79. The number of methoxy groups -OCH3 is 1. The van der Waals surface area contributed by atoms with Crippen LogP contribution in [0.25, 0.3) is 16.8 Å². The number of carbonyl (C=O) groups excluding carboxylic acids is 1. The van der Waals surface area contributed by atoms with E-state index < -0.39 is 0 Å². The molecule has 0 aliphatic carbocycles. The fraction of sp³-hybridized carbons (Fsp3) is 0.429. The zero-order valence-electron chi connectivity index (χ0n) is 17.4. The summed E-state index contributed by atoms with van der Waals surface area (Å²) in [4.78, 5) is 26.0. The first kappa shape index (κ1) is 19.7. The van der Waals surface area contributed by atoms with Gasteiger partial charge in [0.15, 0.2) is 5.65 Å². The standard InChI is InChI=1S/C21H25N7O3/c1-30-20-15(3-2-5-23-20)16-13-24-28-7-4-18(25-19(16)28)26-8-10-27(11-9-26)21(29)17-14-31-12-6-22-17/h2-5,7,13,17,22H,6,8-12,14H2,1H3/t17-/m0/s1. The van der Waals surface area contributed by atoms with Crippen molar-refractivity contribution in [1.29, 1.82) is 0 Å². The van der Waals surface area contributed by atoms with Gasteiger partial charge in [0.25, 0.3) is 0 Å². The first-order chi connectivity index (χ1) is 15.2. The number of carbonyl (C=O) groups is 1. The molecule has 5 rings (SSSR count). The van der Waals surface area contributed by atoms with Crippen LogP contribution in [-0.2, 0) is 9.53 Å². The Kier molecular flexibility index (Phi) is 5.39. The van der Waals surface area contributed by atoms with Gasteiger partial charge in [-0.2, -0.15) is 5.10 Å². The monoisotopic (exact) mass is 423 g/mol.